The van der Waals surface area contributed by atoms with Gasteiger partial charge in [0.05, 0.1) is 17.3 Å². The highest BCUT2D eigenvalue weighted by Crippen LogP contribution is 2.27. The number of carbonyl (C=O) groups is 1. The molecule has 0 saturated carbocycles. The summed E-state index contributed by atoms with van der Waals surface area (Å²) in [4.78, 5) is 28.4. The van der Waals surface area contributed by atoms with Crippen LogP contribution in [0.2, 0.25) is 0 Å². The highest BCUT2D eigenvalue weighted by molar-refractivity contribution is 9.10. The molecule has 29 heavy (non-hydrogen) atoms. The van der Waals surface area contributed by atoms with E-state index in [2.05, 4.69) is 45.2 Å². The number of amides is 1. The van der Waals surface area contributed by atoms with E-state index in [1.165, 1.54) is 0 Å². The molecular weight excluding hydrogens is 432 g/mol. The van der Waals surface area contributed by atoms with Gasteiger partial charge in [0.25, 0.3) is 11.5 Å². The van der Waals surface area contributed by atoms with Crippen LogP contribution in [0, 0.1) is 6.92 Å². The molecule has 3 rings (SSSR count). The van der Waals surface area contributed by atoms with Gasteiger partial charge >= 0.3 is 0 Å². The van der Waals surface area contributed by atoms with Crippen LogP contribution in [-0.2, 0) is 6.54 Å². The Morgan fingerprint density at radius 1 is 1.28 bits per heavy atom. The predicted octanol–water partition coefficient (Wildman–Crippen LogP) is 4.82. The Hall–Kier alpha value is -2.41. The molecule has 2 heterocycles. The van der Waals surface area contributed by atoms with Crippen molar-refractivity contribution in [2.24, 2.45) is 0 Å². The first-order chi connectivity index (χ1) is 13.7. The largest absolute Gasteiger partial charge is 0.348 e. The fourth-order valence-corrected chi connectivity index (χ4v) is 4.00. The Balaban J connectivity index is 1.94. The Bertz CT molecular complexity index is 1110. The Morgan fingerprint density at radius 3 is 2.66 bits per heavy atom. The van der Waals surface area contributed by atoms with Crippen molar-refractivity contribution in [3.8, 4) is 0 Å². The summed E-state index contributed by atoms with van der Waals surface area (Å²) in [6.45, 7) is 10.3. The molecule has 0 bridgehead atoms. The molecule has 1 aromatic carbocycles. The number of aromatic amines is 1. The topological polar surface area (TPSA) is 79.8 Å². The van der Waals surface area contributed by atoms with Gasteiger partial charge in [-0.3, -0.25) is 14.3 Å². The minimum absolute atomic E-state index is 0.146. The molecule has 3 aromatic rings. The summed E-state index contributed by atoms with van der Waals surface area (Å²) < 4.78 is 2.70. The minimum Gasteiger partial charge on any atom is -0.348 e. The number of pyridine rings is 1. The molecule has 0 saturated heterocycles. The van der Waals surface area contributed by atoms with Crippen LogP contribution in [-0.4, -0.2) is 20.7 Å². The van der Waals surface area contributed by atoms with Gasteiger partial charge in [0.1, 0.15) is 0 Å². The third-order valence-electron chi connectivity index (χ3n) is 5.29. The molecule has 2 N–H and O–H groups in total. The van der Waals surface area contributed by atoms with Crippen LogP contribution < -0.4 is 10.9 Å². The van der Waals surface area contributed by atoms with Gasteiger partial charge in [0.15, 0.2) is 0 Å². The van der Waals surface area contributed by atoms with Crippen molar-refractivity contribution in [3.05, 3.63) is 61.6 Å². The van der Waals surface area contributed by atoms with Gasteiger partial charge < -0.3 is 10.3 Å². The number of nitrogens with one attached hydrogen (secondary N) is 2. The maximum Gasteiger partial charge on any atom is 0.253 e. The zero-order valence-corrected chi connectivity index (χ0v) is 19.1. The van der Waals surface area contributed by atoms with Crippen LogP contribution in [0.3, 0.4) is 0 Å². The highest BCUT2D eigenvalue weighted by Gasteiger charge is 2.18. The molecule has 0 radical (unpaired) electrons. The normalized spacial score (nSPS) is 12.5. The summed E-state index contributed by atoms with van der Waals surface area (Å²) in [6.07, 6.45) is 2.64. The molecular formula is C22H27BrN4O2. The Morgan fingerprint density at radius 2 is 2.00 bits per heavy atom. The number of hydrogen-bond acceptors (Lipinski definition) is 3. The van der Waals surface area contributed by atoms with Gasteiger partial charge in [-0.25, -0.2) is 0 Å². The lowest BCUT2D eigenvalue weighted by atomic mass is 9.94. The first kappa shape index (κ1) is 21.3. The molecule has 2 aromatic heterocycles. The van der Waals surface area contributed by atoms with E-state index in [9.17, 15) is 9.59 Å². The van der Waals surface area contributed by atoms with E-state index in [0.717, 1.165) is 33.1 Å². The molecule has 0 aliphatic carbocycles. The Labute approximate surface area is 178 Å². The van der Waals surface area contributed by atoms with Crippen molar-refractivity contribution < 1.29 is 4.79 Å². The molecule has 154 valence electrons. The number of nitrogens with zero attached hydrogens (tertiary/aromatic N) is 2. The van der Waals surface area contributed by atoms with E-state index < -0.39 is 0 Å². The molecule has 6 nitrogen and oxygen atoms in total. The summed E-state index contributed by atoms with van der Waals surface area (Å²) in [6, 6.07) is 5.94. The number of H-pyrrole nitrogens is 1. The predicted molar refractivity (Wildman–Crippen MR) is 119 cm³/mol. The third-order valence-corrected chi connectivity index (χ3v) is 5.75. The van der Waals surface area contributed by atoms with Gasteiger partial charge in [-0.05, 0) is 56.9 Å². The summed E-state index contributed by atoms with van der Waals surface area (Å²) in [7, 11) is 0. The number of benzene rings is 1. The fourth-order valence-electron chi connectivity index (χ4n) is 3.56. The molecule has 0 fully saturated rings. The van der Waals surface area contributed by atoms with E-state index in [-0.39, 0.29) is 30.0 Å². The summed E-state index contributed by atoms with van der Waals surface area (Å²) >= 11 is 3.50. The van der Waals surface area contributed by atoms with Gasteiger partial charge in [-0.2, -0.15) is 5.10 Å². The second-order valence-electron chi connectivity index (χ2n) is 7.78. The average Bonchev–Trinajstić information content (AvgIpc) is 3.09. The molecule has 1 atom stereocenters. The van der Waals surface area contributed by atoms with Crippen LogP contribution in [0.1, 0.15) is 73.3 Å². The molecule has 0 aliphatic rings. The van der Waals surface area contributed by atoms with Crippen molar-refractivity contribution in [2.45, 2.75) is 59.5 Å². The van der Waals surface area contributed by atoms with Crippen LogP contribution in [0.4, 0.5) is 0 Å². The van der Waals surface area contributed by atoms with Crippen molar-refractivity contribution in [2.75, 3.05) is 0 Å². The summed E-state index contributed by atoms with van der Waals surface area (Å²) in [5.74, 6) is 0.0134. The maximum atomic E-state index is 13.0. The summed E-state index contributed by atoms with van der Waals surface area (Å²) in [5.41, 5.74) is 3.72. The van der Waals surface area contributed by atoms with E-state index in [1.807, 2.05) is 37.6 Å². The second kappa shape index (κ2) is 8.53. The molecule has 7 heteroatoms. The van der Waals surface area contributed by atoms with Gasteiger partial charge in [0, 0.05) is 33.7 Å². The number of hydrogen-bond donors (Lipinski definition) is 2. The fraction of sp³-hybridized carbons (Fsp3) is 0.409. The number of aromatic nitrogens is 3. The lowest BCUT2D eigenvalue weighted by Crippen LogP contribution is -2.29. The van der Waals surface area contributed by atoms with Crippen molar-refractivity contribution >= 4 is 32.7 Å². The quantitative estimate of drug-likeness (QED) is 0.555. The first-order valence-electron chi connectivity index (χ1n) is 9.90. The molecule has 1 amide bonds. The zero-order chi connectivity index (χ0) is 21.3. The number of halogens is 1. The van der Waals surface area contributed by atoms with Crippen molar-refractivity contribution in [1.29, 1.82) is 0 Å². The number of aryl methyl sites for hydroxylation is 1. The molecule has 1 unspecified atom stereocenters. The van der Waals surface area contributed by atoms with Crippen LogP contribution >= 0.6 is 15.9 Å². The number of carbonyl (C=O) groups excluding carboxylic acids is 1. The summed E-state index contributed by atoms with van der Waals surface area (Å²) in [5, 5.41) is 8.16. The minimum atomic E-state index is -0.227. The number of fused-ring (bicyclic) bond motifs is 1. The van der Waals surface area contributed by atoms with Crippen molar-refractivity contribution in [3.63, 3.8) is 0 Å². The third kappa shape index (κ3) is 4.29. The van der Waals surface area contributed by atoms with Crippen LogP contribution in [0.5, 0.6) is 0 Å². The molecule has 0 spiro atoms. The Kier molecular flexibility index (Phi) is 6.27. The SMILES string of the molecule is CCC(C)c1cc(C)[nH]c(=O)c1CNC(=O)c1cc(Br)cc2c1cnn2C(C)C. The lowest BCUT2D eigenvalue weighted by molar-refractivity contribution is 0.0952. The van der Waals surface area contributed by atoms with E-state index in [0.29, 0.717) is 11.1 Å². The van der Waals surface area contributed by atoms with Crippen LogP contribution in [0.15, 0.2) is 33.7 Å². The molecule has 0 aliphatic heterocycles. The lowest BCUT2D eigenvalue weighted by Gasteiger charge is -2.16. The monoisotopic (exact) mass is 458 g/mol. The van der Waals surface area contributed by atoms with Crippen molar-refractivity contribution in [1.82, 2.24) is 20.1 Å². The van der Waals surface area contributed by atoms with Gasteiger partial charge in [-0.15, -0.1) is 0 Å². The van der Waals surface area contributed by atoms with E-state index >= 15 is 0 Å². The van der Waals surface area contributed by atoms with E-state index in [4.69, 9.17) is 0 Å². The maximum absolute atomic E-state index is 13.0. The van der Waals surface area contributed by atoms with E-state index in [1.54, 1.807) is 12.3 Å². The average molecular weight is 459 g/mol. The first-order valence-corrected chi connectivity index (χ1v) is 10.7. The van der Waals surface area contributed by atoms with Gasteiger partial charge in [0.2, 0.25) is 0 Å². The highest BCUT2D eigenvalue weighted by atomic mass is 79.9. The zero-order valence-electron chi connectivity index (χ0n) is 17.5. The standard InChI is InChI=1S/C22H27BrN4O2/c1-6-13(4)16-7-14(5)26-22(29)19(16)10-24-21(28)17-8-15(23)9-20-18(17)11-25-27(20)12(2)3/h7-9,11-13H,6,10H2,1-5H3,(H,24,28)(H,26,29). The van der Waals surface area contributed by atoms with Crippen LogP contribution in [0.25, 0.3) is 10.9 Å². The smallest absolute Gasteiger partial charge is 0.253 e. The van der Waals surface area contributed by atoms with Gasteiger partial charge in [-0.1, -0.05) is 29.8 Å². The number of rotatable bonds is 6. The second-order valence-corrected chi connectivity index (χ2v) is 8.69.